The number of hydrogen-bond donors (Lipinski definition) is 2. The van der Waals surface area contributed by atoms with Gasteiger partial charge in [-0.25, -0.2) is 4.79 Å². The van der Waals surface area contributed by atoms with Gasteiger partial charge in [0.25, 0.3) is 0 Å². The second-order valence-corrected chi connectivity index (χ2v) is 8.63. The summed E-state index contributed by atoms with van der Waals surface area (Å²) in [5, 5.41) is 4.18. The third-order valence-corrected chi connectivity index (χ3v) is 6.98. The molecule has 1 aromatic carbocycles. The van der Waals surface area contributed by atoms with Crippen LogP contribution in [-0.4, -0.2) is 49.7 Å². The van der Waals surface area contributed by atoms with Crippen molar-refractivity contribution in [3.05, 3.63) is 27.7 Å². The molecule has 1 aromatic rings. The molecule has 2 amide bonds. The SMILES string of the molecule is Cc1ccc(N2CCN(CCC3CCC(NC(N)=O)CC3)CC2)c(Cl)c1Cl. The minimum Gasteiger partial charge on any atom is -0.368 e. The van der Waals surface area contributed by atoms with Gasteiger partial charge in [-0.2, -0.15) is 0 Å². The van der Waals surface area contributed by atoms with Crippen LogP contribution in [0.1, 0.15) is 37.7 Å². The quantitative estimate of drug-likeness (QED) is 0.766. The van der Waals surface area contributed by atoms with E-state index in [9.17, 15) is 4.79 Å². The lowest BCUT2D eigenvalue weighted by Crippen LogP contribution is -2.47. The highest BCUT2D eigenvalue weighted by Gasteiger charge is 2.24. The number of nitrogens with zero attached hydrogens (tertiary/aromatic N) is 2. The van der Waals surface area contributed by atoms with Crippen molar-refractivity contribution < 1.29 is 4.79 Å². The Hall–Kier alpha value is -1.17. The number of nitrogens with two attached hydrogens (primary N) is 1. The van der Waals surface area contributed by atoms with E-state index in [4.69, 9.17) is 28.9 Å². The first-order chi connectivity index (χ1) is 12.9. The van der Waals surface area contributed by atoms with Gasteiger partial charge in [-0.05, 0) is 63.1 Å². The number of anilines is 1. The highest BCUT2D eigenvalue weighted by molar-refractivity contribution is 6.44. The van der Waals surface area contributed by atoms with Crippen molar-refractivity contribution in [1.29, 1.82) is 0 Å². The lowest BCUT2D eigenvalue weighted by atomic mass is 9.84. The van der Waals surface area contributed by atoms with Gasteiger partial charge >= 0.3 is 6.03 Å². The van der Waals surface area contributed by atoms with Gasteiger partial charge in [0.05, 0.1) is 15.7 Å². The van der Waals surface area contributed by atoms with Crippen LogP contribution < -0.4 is 16.0 Å². The molecule has 1 saturated heterocycles. The van der Waals surface area contributed by atoms with E-state index in [2.05, 4.69) is 21.2 Å². The smallest absolute Gasteiger partial charge is 0.312 e. The normalized spacial score (nSPS) is 24.0. The number of nitrogens with one attached hydrogen (secondary N) is 1. The number of hydrogen-bond acceptors (Lipinski definition) is 3. The van der Waals surface area contributed by atoms with Crippen LogP contribution in [0.2, 0.25) is 10.0 Å². The highest BCUT2D eigenvalue weighted by atomic mass is 35.5. The first-order valence-corrected chi connectivity index (χ1v) is 10.7. The van der Waals surface area contributed by atoms with Crippen molar-refractivity contribution in [3.8, 4) is 0 Å². The molecule has 0 atom stereocenters. The Morgan fingerprint density at radius 2 is 1.78 bits per heavy atom. The van der Waals surface area contributed by atoms with Gasteiger partial charge in [0.1, 0.15) is 0 Å². The van der Waals surface area contributed by atoms with Gasteiger partial charge in [-0.1, -0.05) is 29.3 Å². The number of halogens is 2. The summed E-state index contributed by atoms with van der Waals surface area (Å²) in [4.78, 5) is 15.8. The maximum atomic E-state index is 11.0. The Balaban J connectivity index is 1.40. The summed E-state index contributed by atoms with van der Waals surface area (Å²) < 4.78 is 0. The molecule has 1 aliphatic heterocycles. The van der Waals surface area contributed by atoms with E-state index >= 15 is 0 Å². The molecule has 1 saturated carbocycles. The van der Waals surface area contributed by atoms with Gasteiger partial charge < -0.3 is 16.0 Å². The fraction of sp³-hybridized carbons (Fsp3) is 0.650. The molecule has 0 radical (unpaired) electrons. The summed E-state index contributed by atoms with van der Waals surface area (Å²) in [6.07, 6.45) is 5.70. The molecule has 0 unspecified atom stereocenters. The maximum Gasteiger partial charge on any atom is 0.312 e. The van der Waals surface area contributed by atoms with Crippen LogP contribution in [0.25, 0.3) is 0 Å². The monoisotopic (exact) mass is 412 g/mol. The van der Waals surface area contributed by atoms with E-state index in [1.54, 1.807) is 0 Å². The average molecular weight is 413 g/mol. The standard InChI is InChI=1S/C20H30Cl2N4O/c1-14-2-7-17(19(22)18(14)21)26-12-10-25(11-13-26)9-8-15-3-5-16(6-4-15)24-20(23)27/h2,7,15-16H,3-6,8-13H2,1H3,(H3,23,24,27). The Bertz CT molecular complexity index is 654. The van der Waals surface area contributed by atoms with Crippen molar-refractivity contribution in [1.82, 2.24) is 10.2 Å². The van der Waals surface area contributed by atoms with Gasteiger partial charge in [-0.3, -0.25) is 4.90 Å². The lowest BCUT2D eigenvalue weighted by molar-refractivity contribution is 0.207. The summed E-state index contributed by atoms with van der Waals surface area (Å²) in [5.41, 5.74) is 7.28. The summed E-state index contributed by atoms with van der Waals surface area (Å²) in [7, 11) is 0. The van der Waals surface area contributed by atoms with Crippen LogP contribution in [0.4, 0.5) is 10.5 Å². The van der Waals surface area contributed by atoms with E-state index in [0.717, 1.165) is 62.7 Å². The van der Waals surface area contributed by atoms with Gasteiger partial charge in [0, 0.05) is 32.2 Å². The Labute approximate surface area is 172 Å². The molecular formula is C20H30Cl2N4O. The second kappa shape index (κ2) is 9.35. The zero-order valence-corrected chi connectivity index (χ0v) is 17.5. The number of carbonyl (C=O) groups excluding carboxylic acids is 1. The molecule has 0 bridgehead atoms. The fourth-order valence-electron chi connectivity index (χ4n) is 4.25. The van der Waals surface area contributed by atoms with Crippen LogP contribution in [0.5, 0.6) is 0 Å². The fourth-order valence-corrected chi connectivity index (χ4v) is 4.75. The number of benzene rings is 1. The van der Waals surface area contributed by atoms with Gasteiger partial charge in [0.15, 0.2) is 0 Å². The molecule has 5 nitrogen and oxygen atoms in total. The number of urea groups is 1. The van der Waals surface area contributed by atoms with Gasteiger partial charge in [-0.15, -0.1) is 0 Å². The van der Waals surface area contributed by atoms with Crippen LogP contribution in [-0.2, 0) is 0 Å². The Morgan fingerprint density at radius 1 is 1.11 bits per heavy atom. The van der Waals surface area contributed by atoms with E-state index in [1.165, 1.54) is 19.3 Å². The van der Waals surface area contributed by atoms with Crippen LogP contribution in [0, 0.1) is 12.8 Å². The molecule has 0 spiro atoms. The number of primary amides is 1. The maximum absolute atomic E-state index is 11.0. The second-order valence-electron chi connectivity index (χ2n) is 7.87. The van der Waals surface area contributed by atoms with Crippen molar-refractivity contribution in [2.45, 2.75) is 45.1 Å². The van der Waals surface area contributed by atoms with Crippen molar-refractivity contribution in [2.24, 2.45) is 11.7 Å². The number of piperazine rings is 1. The number of amides is 2. The third kappa shape index (κ3) is 5.43. The average Bonchev–Trinajstić information content (AvgIpc) is 2.66. The van der Waals surface area contributed by atoms with E-state index < -0.39 is 6.03 Å². The van der Waals surface area contributed by atoms with Crippen molar-refractivity contribution >= 4 is 34.9 Å². The summed E-state index contributed by atoms with van der Waals surface area (Å²) in [6, 6.07) is 4.00. The number of aryl methyl sites for hydroxylation is 1. The molecule has 1 heterocycles. The van der Waals surface area contributed by atoms with Crippen LogP contribution >= 0.6 is 23.2 Å². The minimum absolute atomic E-state index is 0.272. The lowest BCUT2D eigenvalue weighted by Gasteiger charge is -2.37. The molecule has 3 rings (SSSR count). The van der Waals surface area contributed by atoms with Crippen molar-refractivity contribution in [3.63, 3.8) is 0 Å². The Morgan fingerprint density at radius 3 is 2.41 bits per heavy atom. The molecule has 7 heteroatoms. The predicted octanol–water partition coefficient (Wildman–Crippen LogP) is 4.04. The summed E-state index contributed by atoms with van der Waals surface area (Å²) in [5.74, 6) is 0.763. The Kier molecular flexibility index (Phi) is 7.12. The third-order valence-electron chi connectivity index (χ3n) is 6.01. The molecule has 2 aliphatic rings. The first kappa shape index (κ1) is 20.6. The van der Waals surface area contributed by atoms with Crippen molar-refractivity contribution in [2.75, 3.05) is 37.6 Å². The number of rotatable bonds is 5. The topological polar surface area (TPSA) is 61.6 Å². The van der Waals surface area contributed by atoms with E-state index in [-0.39, 0.29) is 6.04 Å². The highest BCUT2D eigenvalue weighted by Crippen LogP contribution is 2.35. The molecular weight excluding hydrogens is 383 g/mol. The molecule has 0 aromatic heterocycles. The largest absolute Gasteiger partial charge is 0.368 e. The summed E-state index contributed by atoms with van der Waals surface area (Å²) >= 11 is 12.8. The molecule has 3 N–H and O–H groups in total. The van der Waals surface area contributed by atoms with Crippen LogP contribution in [0.3, 0.4) is 0 Å². The van der Waals surface area contributed by atoms with E-state index in [1.807, 2.05) is 13.0 Å². The molecule has 1 aliphatic carbocycles. The number of carbonyl (C=O) groups is 1. The van der Waals surface area contributed by atoms with Gasteiger partial charge in [0.2, 0.25) is 0 Å². The van der Waals surface area contributed by atoms with Crippen LogP contribution in [0.15, 0.2) is 12.1 Å². The molecule has 150 valence electrons. The zero-order valence-electron chi connectivity index (χ0n) is 16.0. The molecule has 2 fully saturated rings. The van der Waals surface area contributed by atoms with E-state index in [0.29, 0.717) is 10.0 Å². The predicted molar refractivity (Wildman–Crippen MR) is 113 cm³/mol. The zero-order chi connectivity index (χ0) is 19.4. The first-order valence-electron chi connectivity index (χ1n) is 9.92. The minimum atomic E-state index is -0.397. The summed E-state index contributed by atoms with van der Waals surface area (Å²) in [6.45, 7) is 7.20. The molecule has 27 heavy (non-hydrogen) atoms.